The molecule has 1 heterocycles. The molecular weight excluding hydrogens is 282 g/mol. The van der Waals surface area contributed by atoms with Crippen LogP contribution in [-0.4, -0.2) is 17.6 Å². The average molecular weight is 301 g/mol. The van der Waals surface area contributed by atoms with Crippen LogP contribution >= 0.6 is 11.3 Å². The molecule has 2 N–H and O–H groups in total. The van der Waals surface area contributed by atoms with E-state index >= 15 is 0 Å². The number of aromatic carboxylic acids is 1. The minimum atomic E-state index is -0.809. The van der Waals surface area contributed by atoms with E-state index < -0.39 is 5.97 Å². The van der Waals surface area contributed by atoms with Crippen LogP contribution in [0.3, 0.4) is 0 Å². The summed E-state index contributed by atoms with van der Waals surface area (Å²) in [6.07, 6.45) is 5.48. The van der Waals surface area contributed by atoms with Crippen LogP contribution < -0.4 is 5.32 Å². The van der Waals surface area contributed by atoms with Gasteiger partial charge in [0.05, 0.1) is 0 Å². The first-order valence-electron chi connectivity index (χ1n) is 7.64. The lowest BCUT2D eigenvalue weighted by Crippen LogP contribution is -2.25. The van der Waals surface area contributed by atoms with Gasteiger partial charge in [-0.05, 0) is 54.0 Å². The third kappa shape index (κ3) is 2.36. The van der Waals surface area contributed by atoms with E-state index in [9.17, 15) is 9.90 Å². The Morgan fingerprint density at radius 3 is 2.76 bits per heavy atom. The fourth-order valence-electron chi connectivity index (χ4n) is 3.47. The molecule has 0 spiro atoms. The quantitative estimate of drug-likeness (QED) is 0.851. The topological polar surface area (TPSA) is 49.3 Å². The number of hydrogen-bond donors (Lipinski definition) is 2. The minimum absolute atomic E-state index is 0.486. The Morgan fingerprint density at radius 2 is 2.10 bits per heavy atom. The predicted molar refractivity (Wildman–Crippen MR) is 84.9 cm³/mol. The van der Waals surface area contributed by atoms with Gasteiger partial charge in [-0.25, -0.2) is 4.79 Å². The highest BCUT2D eigenvalue weighted by Gasteiger charge is 2.53. The third-order valence-corrected chi connectivity index (χ3v) is 6.21. The van der Waals surface area contributed by atoms with Gasteiger partial charge >= 0.3 is 5.97 Å². The van der Waals surface area contributed by atoms with Gasteiger partial charge < -0.3 is 10.4 Å². The highest BCUT2D eigenvalue weighted by Crippen LogP contribution is 2.60. The Morgan fingerprint density at radius 1 is 1.33 bits per heavy atom. The van der Waals surface area contributed by atoms with Crippen molar-refractivity contribution in [2.75, 3.05) is 6.54 Å². The molecule has 2 aliphatic rings. The Hall–Kier alpha value is -1.39. The standard InChI is InChI=1S/C17H19NO2S/c19-16(20)15-13(12-3-1-2-4-14(12)21-15)9-18-10-17(7-8-17)11-5-6-11/h1-4,11,18H,5-10H2,(H,19,20). The number of carbonyl (C=O) groups is 1. The lowest BCUT2D eigenvalue weighted by molar-refractivity contribution is 0.0701. The lowest BCUT2D eigenvalue weighted by atomic mass is 10.0. The molecule has 4 rings (SSSR count). The molecule has 2 fully saturated rings. The fraction of sp³-hybridized carbons (Fsp3) is 0.471. The Labute approximate surface area is 128 Å². The molecule has 4 heteroatoms. The summed E-state index contributed by atoms with van der Waals surface area (Å²) in [4.78, 5) is 12.0. The summed E-state index contributed by atoms with van der Waals surface area (Å²) in [5.41, 5.74) is 1.50. The van der Waals surface area contributed by atoms with E-state index in [1.165, 1.54) is 37.0 Å². The molecule has 0 unspecified atom stereocenters. The van der Waals surface area contributed by atoms with Gasteiger partial charge in [-0.3, -0.25) is 0 Å². The SMILES string of the molecule is O=C(O)c1sc2ccccc2c1CNCC1(C2CC2)CC1. The monoisotopic (exact) mass is 301 g/mol. The second-order valence-corrected chi connectivity index (χ2v) is 7.50. The molecule has 1 aromatic heterocycles. The lowest BCUT2D eigenvalue weighted by Gasteiger charge is -2.15. The van der Waals surface area contributed by atoms with Gasteiger partial charge in [0, 0.05) is 17.8 Å². The van der Waals surface area contributed by atoms with Crippen molar-refractivity contribution in [2.45, 2.75) is 32.2 Å². The number of nitrogens with one attached hydrogen (secondary N) is 1. The predicted octanol–water partition coefficient (Wildman–Crippen LogP) is 3.88. The van der Waals surface area contributed by atoms with Gasteiger partial charge in [0.15, 0.2) is 0 Å². The van der Waals surface area contributed by atoms with Crippen molar-refractivity contribution in [2.24, 2.45) is 11.3 Å². The number of thiophene rings is 1. The minimum Gasteiger partial charge on any atom is -0.477 e. The molecular formula is C17H19NO2S. The van der Waals surface area contributed by atoms with Crippen LogP contribution in [0.15, 0.2) is 24.3 Å². The number of carboxylic acids is 1. The zero-order chi connectivity index (χ0) is 14.4. The third-order valence-electron chi connectivity index (χ3n) is 5.01. The largest absolute Gasteiger partial charge is 0.477 e. The Balaban J connectivity index is 1.54. The number of hydrogen-bond acceptors (Lipinski definition) is 3. The summed E-state index contributed by atoms with van der Waals surface area (Å²) < 4.78 is 1.06. The molecule has 21 heavy (non-hydrogen) atoms. The van der Waals surface area contributed by atoms with Gasteiger partial charge in [0.25, 0.3) is 0 Å². The molecule has 0 bridgehead atoms. The van der Waals surface area contributed by atoms with Gasteiger partial charge in [-0.1, -0.05) is 18.2 Å². The maximum atomic E-state index is 11.5. The van der Waals surface area contributed by atoms with E-state index in [0.717, 1.165) is 28.1 Å². The van der Waals surface area contributed by atoms with Crippen LogP contribution in [-0.2, 0) is 6.54 Å². The second-order valence-electron chi connectivity index (χ2n) is 6.45. The summed E-state index contributed by atoms with van der Waals surface area (Å²) in [6, 6.07) is 7.98. The van der Waals surface area contributed by atoms with Gasteiger partial charge in [-0.15, -0.1) is 11.3 Å². The van der Waals surface area contributed by atoms with E-state index in [-0.39, 0.29) is 0 Å². The molecule has 0 atom stereocenters. The van der Waals surface area contributed by atoms with E-state index in [4.69, 9.17) is 0 Å². The van der Waals surface area contributed by atoms with E-state index in [0.29, 0.717) is 16.8 Å². The van der Waals surface area contributed by atoms with Crippen molar-refractivity contribution >= 4 is 27.4 Å². The fourth-order valence-corrected chi connectivity index (χ4v) is 4.53. The molecule has 0 amide bonds. The summed E-state index contributed by atoms with van der Waals surface area (Å²) in [7, 11) is 0. The molecule has 3 nitrogen and oxygen atoms in total. The Kier molecular flexibility index (Phi) is 3.05. The normalized spacial score (nSPS) is 19.8. The van der Waals surface area contributed by atoms with Gasteiger partial charge in [0.1, 0.15) is 4.88 Å². The highest BCUT2D eigenvalue weighted by molar-refractivity contribution is 7.21. The van der Waals surface area contributed by atoms with Crippen LogP contribution in [0.4, 0.5) is 0 Å². The number of rotatable bonds is 6. The van der Waals surface area contributed by atoms with Crippen molar-refractivity contribution in [3.8, 4) is 0 Å². The maximum absolute atomic E-state index is 11.5. The summed E-state index contributed by atoms with van der Waals surface area (Å²) in [6.45, 7) is 1.71. The van der Waals surface area contributed by atoms with Crippen LogP contribution in [0, 0.1) is 11.3 Å². The zero-order valence-corrected chi connectivity index (χ0v) is 12.7. The van der Waals surface area contributed by atoms with Crippen LogP contribution in [0.2, 0.25) is 0 Å². The first-order valence-corrected chi connectivity index (χ1v) is 8.46. The van der Waals surface area contributed by atoms with E-state index in [1.807, 2.05) is 24.3 Å². The second kappa shape index (κ2) is 4.82. The molecule has 0 radical (unpaired) electrons. The van der Waals surface area contributed by atoms with Crippen molar-refractivity contribution < 1.29 is 9.90 Å². The molecule has 1 aromatic carbocycles. The molecule has 0 saturated heterocycles. The van der Waals surface area contributed by atoms with E-state index in [2.05, 4.69) is 5.32 Å². The van der Waals surface area contributed by atoms with Crippen molar-refractivity contribution in [3.63, 3.8) is 0 Å². The van der Waals surface area contributed by atoms with Crippen molar-refractivity contribution in [1.82, 2.24) is 5.32 Å². The van der Waals surface area contributed by atoms with Crippen LogP contribution in [0.25, 0.3) is 10.1 Å². The summed E-state index contributed by atoms with van der Waals surface area (Å²) in [5.74, 6) is 0.125. The molecule has 0 aliphatic heterocycles. The van der Waals surface area contributed by atoms with Crippen LogP contribution in [0.1, 0.15) is 40.9 Å². The summed E-state index contributed by atoms with van der Waals surface area (Å²) in [5, 5.41) is 14.0. The van der Waals surface area contributed by atoms with Gasteiger partial charge in [0.2, 0.25) is 0 Å². The first kappa shape index (κ1) is 13.3. The zero-order valence-electron chi connectivity index (χ0n) is 11.9. The molecule has 110 valence electrons. The molecule has 2 aliphatic carbocycles. The number of carboxylic acid groups (broad SMARTS) is 1. The van der Waals surface area contributed by atoms with Gasteiger partial charge in [-0.2, -0.15) is 0 Å². The smallest absolute Gasteiger partial charge is 0.346 e. The highest BCUT2D eigenvalue weighted by atomic mass is 32.1. The maximum Gasteiger partial charge on any atom is 0.346 e. The van der Waals surface area contributed by atoms with E-state index in [1.54, 1.807) is 0 Å². The Bertz CT molecular complexity index is 698. The van der Waals surface area contributed by atoms with Crippen LogP contribution in [0.5, 0.6) is 0 Å². The summed E-state index contributed by atoms with van der Waals surface area (Å²) >= 11 is 1.38. The molecule has 2 saturated carbocycles. The number of fused-ring (bicyclic) bond motifs is 1. The van der Waals surface area contributed by atoms with Crippen molar-refractivity contribution in [1.29, 1.82) is 0 Å². The first-order chi connectivity index (χ1) is 10.2. The number of benzene rings is 1. The molecule has 2 aromatic rings. The van der Waals surface area contributed by atoms with Crippen molar-refractivity contribution in [3.05, 3.63) is 34.7 Å². The average Bonchev–Trinajstić information content (AvgIpc) is 3.36.